The maximum absolute atomic E-state index is 14.2. The molecular weight excluding hydrogens is 615 g/mol. The number of benzene rings is 6. The molecule has 0 fully saturated rings. The second-order valence-corrected chi connectivity index (χ2v) is 13.1. The number of aryl methyl sites for hydroxylation is 5. The van der Waals surface area contributed by atoms with Crippen LogP contribution < -0.4 is 0 Å². The van der Waals surface area contributed by atoms with Crippen molar-refractivity contribution in [2.24, 2.45) is 0 Å². The van der Waals surface area contributed by atoms with Gasteiger partial charge in [0.25, 0.3) is 0 Å². The van der Waals surface area contributed by atoms with E-state index in [9.17, 15) is 18.4 Å². The average molecular weight is 648 g/mol. The van der Waals surface area contributed by atoms with Gasteiger partial charge in [-0.2, -0.15) is 18.4 Å². The Bertz CT molecular complexity index is 2450. The molecule has 8 rings (SSSR count). The second-order valence-electron chi connectivity index (χ2n) is 13.1. The molecule has 0 saturated heterocycles. The summed E-state index contributed by atoms with van der Waals surface area (Å²) in [6.07, 6.45) is -4.51. The number of aromatic nitrogens is 2. The number of fused-ring (bicyclic) bond motifs is 6. The van der Waals surface area contributed by atoms with Gasteiger partial charge in [-0.3, -0.25) is 0 Å². The topological polar surface area (TPSA) is 33.6 Å². The lowest BCUT2D eigenvalue weighted by atomic mass is 9.96. The van der Waals surface area contributed by atoms with E-state index in [4.69, 9.17) is 0 Å². The van der Waals surface area contributed by atoms with Crippen molar-refractivity contribution < 1.29 is 13.2 Å². The number of hydrogen-bond acceptors (Lipinski definition) is 1. The normalized spacial score (nSPS) is 12.1. The van der Waals surface area contributed by atoms with Crippen LogP contribution in [-0.2, 0) is 6.18 Å². The summed E-state index contributed by atoms with van der Waals surface area (Å²) in [5.74, 6) is 0. The van der Waals surface area contributed by atoms with Crippen molar-refractivity contribution in [1.29, 1.82) is 5.26 Å². The fraction of sp³-hybridized carbons (Fsp3) is 0.140. The lowest BCUT2D eigenvalue weighted by Crippen LogP contribution is -2.08. The molecule has 6 heteroatoms. The maximum Gasteiger partial charge on any atom is 0.416 e. The number of nitriles is 1. The van der Waals surface area contributed by atoms with Crippen LogP contribution in [-0.4, -0.2) is 9.13 Å². The van der Waals surface area contributed by atoms with E-state index >= 15 is 0 Å². The first-order chi connectivity index (χ1) is 23.5. The molecule has 0 aliphatic rings. The van der Waals surface area contributed by atoms with Crippen molar-refractivity contribution in [3.05, 3.63) is 142 Å². The molecule has 0 bridgehead atoms. The van der Waals surface area contributed by atoms with Crippen LogP contribution in [0.15, 0.2) is 103 Å². The summed E-state index contributed by atoms with van der Waals surface area (Å²) < 4.78 is 46.9. The first-order valence-electron chi connectivity index (χ1n) is 16.2. The van der Waals surface area contributed by atoms with Crippen LogP contribution in [0, 0.1) is 45.9 Å². The molecule has 3 nitrogen and oxygen atoms in total. The first-order valence-corrected chi connectivity index (χ1v) is 16.2. The van der Waals surface area contributed by atoms with E-state index in [1.807, 2.05) is 36.4 Å². The molecule has 0 radical (unpaired) electrons. The summed E-state index contributed by atoms with van der Waals surface area (Å²) in [6.45, 7) is 9.91. The highest BCUT2D eigenvalue weighted by Gasteiger charge is 2.31. The van der Waals surface area contributed by atoms with Crippen LogP contribution in [0.2, 0.25) is 0 Å². The van der Waals surface area contributed by atoms with Crippen molar-refractivity contribution in [3.63, 3.8) is 0 Å². The zero-order chi connectivity index (χ0) is 34.4. The zero-order valence-corrected chi connectivity index (χ0v) is 27.8. The second kappa shape index (κ2) is 10.9. The summed E-state index contributed by atoms with van der Waals surface area (Å²) in [5.41, 5.74) is 10.4. The smallest absolute Gasteiger partial charge is 0.307 e. The molecule has 0 saturated carbocycles. The van der Waals surface area contributed by atoms with Gasteiger partial charge in [0.2, 0.25) is 0 Å². The van der Waals surface area contributed by atoms with Gasteiger partial charge >= 0.3 is 6.18 Å². The van der Waals surface area contributed by atoms with Gasteiger partial charge in [-0.1, -0.05) is 78.9 Å². The minimum Gasteiger partial charge on any atom is -0.307 e. The Balaban J connectivity index is 1.62. The minimum absolute atomic E-state index is 0.433. The molecule has 0 aliphatic carbocycles. The molecule has 0 N–H and O–H groups in total. The Kier molecular flexibility index (Phi) is 6.77. The maximum atomic E-state index is 14.2. The van der Waals surface area contributed by atoms with Gasteiger partial charge in [0.05, 0.1) is 39.0 Å². The Morgan fingerprint density at radius 1 is 0.510 bits per heavy atom. The van der Waals surface area contributed by atoms with E-state index in [2.05, 4.69) is 91.4 Å². The summed E-state index contributed by atoms with van der Waals surface area (Å²) in [5, 5.41) is 15.4. The van der Waals surface area contributed by atoms with E-state index in [0.29, 0.717) is 33.6 Å². The summed E-state index contributed by atoms with van der Waals surface area (Å²) in [6, 6.07) is 35.3. The predicted octanol–water partition coefficient (Wildman–Crippen LogP) is 12.0. The summed E-state index contributed by atoms with van der Waals surface area (Å²) >= 11 is 0. The molecule has 6 aromatic carbocycles. The summed E-state index contributed by atoms with van der Waals surface area (Å²) in [4.78, 5) is 0. The van der Waals surface area contributed by atoms with Crippen LogP contribution in [0.25, 0.3) is 66.1 Å². The Morgan fingerprint density at radius 2 is 0.878 bits per heavy atom. The van der Waals surface area contributed by atoms with Crippen LogP contribution in [0.3, 0.4) is 0 Å². The van der Waals surface area contributed by atoms with E-state index in [1.54, 1.807) is 13.0 Å². The van der Waals surface area contributed by atoms with Gasteiger partial charge in [-0.05, 0) is 97.8 Å². The SMILES string of the molecule is Cc1cc(-c2cc(-n3c4c(C)cccc4c4cccc(C)c43)c(C#N)c(-n3c4c(C)cccc4c4cccc(C)c43)c2)cc(C(F)(F)F)c1. The van der Waals surface area contributed by atoms with Crippen LogP contribution in [0.1, 0.15) is 38.9 Å². The quantitative estimate of drug-likeness (QED) is 0.188. The van der Waals surface area contributed by atoms with E-state index in [1.165, 1.54) is 12.1 Å². The van der Waals surface area contributed by atoms with Gasteiger partial charge in [0, 0.05) is 21.5 Å². The Labute approximate surface area is 282 Å². The lowest BCUT2D eigenvalue weighted by molar-refractivity contribution is -0.137. The third-order valence-electron chi connectivity index (χ3n) is 9.85. The molecular formula is C43H32F3N3. The third kappa shape index (κ3) is 4.57. The monoisotopic (exact) mass is 647 g/mol. The highest BCUT2D eigenvalue weighted by Crippen LogP contribution is 2.43. The van der Waals surface area contributed by atoms with Crippen molar-refractivity contribution in [3.8, 4) is 28.6 Å². The number of halogens is 3. The minimum atomic E-state index is -4.51. The van der Waals surface area contributed by atoms with E-state index in [-0.39, 0.29) is 0 Å². The number of rotatable bonds is 3. The summed E-state index contributed by atoms with van der Waals surface area (Å²) in [7, 11) is 0. The van der Waals surface area contributed by atoms with Gasteiger partial charge in [-0.25, -0.2) is 0 Å². The lowest BCUT2D eigenvalue weighted by Gasteiger charge is -2.20. The van der Waals surface area contributed by atoms with E-state index in [0.717, 1.165) is 65.9 Å². The molecule has 2 aromatic heterocycles. The molecule has 0 aliphatic heterocycles. The number of alkyl halides is 3. The average Bonchev–Trinajstić information content (AvgIpc) is 3.60. The van der Waals surface area contributed by atoms with Crippen molar-refractivity contribution in [1.82, 2.24) is 9.13 Å². The molecule has 49 heavy (non-hydrogen) atoms. The molecule has 8 aromatic rings. The predicted molar refractivity (Wildman–Crippen MR) is 194 cm³/mol. The van der Waals surface area contributed by atoms with Crippen LogP contribution in [0.4, 0.5) is 13.2 Å². The largest absolute Gasteiger partial charge is 0.416 e. The number of para-hydroxylation sites is 4. The Hall–Kier alpha value is -5.80. The molecule has 0 amide bonds. The molecule has 0 atom stereocenters. The fourth-order valence-electron chi connectivity index (χ4n) is 7.76. The van der Waals surface area contributed by atoms with Gasteiger partial charge in [-0.15, -0.1) is 0 Å². The first kappa shape index (κ1) is 30.5. The van der Waals surface area contributed by atoms with Gasteiger partial charge < -0.3 is 9.13 Å². The highest BCUT2D eigenvalue weighted by atomic mass is 19.4. The zero-order valence-electron chi connectivity index (χ0n) is 27.8. The van der Waals surface area contributed by atoms with Gasteiger partial charge in [0.1, 0.15) is 11.6 Å². The third-order valence-corrected chi connectivity index (χ3v) is 9.85. The Morgan fingerprint density at radius 3 is 1.22 bits per heavy atom. The van der Waals surface area contributed by atoms with E-state index < -0.39 is 11.7 Å². The molecule has 0 spiro atoms. The number of hydrogen-bond donors (Lipinski definition) is 0. The van der Waals surface area contributed by atoms with Crippen molar-refractivity contribution >= 4 is 43.6 Å². The fourth-order valence-corrected chi connectivity index (χ4v) is 7.76. The molecule has 0 unspecified atom stereocenters. The highest BCUT2D eigenvalue weighted by molar-refractivity contribution is 6.13. The molecule has 2 heterocycles. The van der Waals surface area contributed by atoms with Crippen molar-refractivity contribution in [2.75, 3.05) is 0 Å². The number of nitrogens with zero attached hydrogens (tertiary/aromatic N) is 3. The standard InChI is InChI=1S/C43H32F3N3/c1-24-18-29(20-31(19-24)43(44,45)46)30-21-37(48-39-25(2)10-6-14-32(39)33-15-7-11-26(3)40(33)48)36(23-47)38(22-30)49-41-27(4)12-8-16-34(41)35-17-9-13-28(5)42(35)49/h6-22H,1-5H3. The molecule has 240 valence electrons. The van der Waals surface area contributed by atoms with Gasteiger partial charge in [0.15, 0.2) is 0 Å². The van der Waals surface area contributed by atoms with Crippen LogP contribution >= 0.6 is 0 Å². The van der Waals surface area contributed by atoms with Crippen molar-refractivity contribution in [2.45, 2.75) is 40.8 Å². The van der Waals surface area contributed by atoms with Crippen LogP contribution in [0.5, 0.6) is 0 Å².